The Morgan fingerprint density at radius 2 is 1.70 bits per heavy atom. The first-order valence-corrected chi connectivity index (χ1v) is 12.1. The van der Waals surface area contributed by atoms with Crippen molar-refractivity contribution in [3.05, 3.63) is 84.7 Å². The minimum Gasteiger partial charge on any atom is -0.390 e. The lowest BCUT2D eigenvalue weighted by atomic mass is 9.63. The molecule has 1 aliphatic rings. The molecule has 0 amide bonds. The van der Waals surface area contributed by atoms with Crippen molar-refractivity contribution in [1.29, 1.82) is 0 Å². The second-order valence-electron chi connectivity index (χ2n) is 10.1. The number of aromatic nitrogens is 7. The van der Waals surface area contributed by atoms with Crippen molar-refractivity contribution < 1.29 is 5.11 Å². The third-order valence-corrected chi connectivity index (χ3v) is 7.19. The van der Waals surface area contributed by atoms with E-state index in [1.165, 1.54) is 6.33 Å². The van der Waals surface area contributed by atoms with Crippen LogP contribution in [0, 0.1) is 0 Å². The Balaban J connectivity index is 1.42. The molecule has 182 valence electrons. The zero-order valence-corrected chi connectivity index (χ0v) is 20.1. The van der Waals surface area contributed by atoms with E-state index in [2.05, 4.69) is 67.8 Å². The first-order valence-electron chi connectivity index (χ1n) is 12.1. The number of aliphatic hydroxyl groups is 1. The van der Waals surface area contributed by atoms with Crippen molar-refractivity contribution in [3.63, 3.8) is 0 Å². The van der Waals surface area contributed by atoms with Crippen LogP contribution in [0.25, 0.3) is 50.7 Å². The van der Waals surface area contributed by atoms with Gasteiger partial charge >= 0.3 is 0 Å². The number of hydrogen-bond acceptors (Lipinski definition) is 7. The summed E-state index contributed by atoms with van der Waals surface area (Å²) in [6, 6.07) is 24.4. The van der Waals surface area contributed by atoms with Crippen LogP contribution in [0.1, 0.15) is 25.3 Å². The number of fused-ring (bicyclic) bond motifs is 3. The highest BCUT2D eigenvalue weighted by Gasteiger charge is 2.49. The van der Waals surface area contributed by atoms with E-state index in [0.29, 0.717) is 30.1 Å². The SMILES string of the molecule is C[C@]1(O)C[C@](N)(c2ccc(-c3nc4ccc5nnc(-c6nnc[nH]6)n5c4cc3-c3ccccc3)cc2)C1. The highest BCUT2D eigenvalue weighted by molar-refractivity contribution is 5.91. The minimum absolute atomic E-state index is 0.502. The lowest BCUT2D eigenvalue weighted by Gasteiger charge is -2.49. The second-order valence-corrected chi connectivity index (χ2v) is 10.1. The second kappa shape index (κ2) is 7.76. The predicted octanol–water partition coefficient (Wildman–Crippen LogP) is 4.10. The Kier molecular flexibility index (Phi) is 4.57. The molecule has 37 heavy (non-hydrogen) atoms. The van der Waals surface area contributed by atoms with Gasteiger partial charge in [-0.1, -0.05) is 54.6 Å². The summed E-state index contributed by atoms with van der Waals surface area (Å²) in [6.45, 7) is 1.83. The summed E-state index contributed by atoms with van der Waals surface area (Å²) in [4.78, 5) is 8.15. The molecule has 0 spiro atoms. The molecular formula is C28H24N8O. The van der Waals surface area contributed by atoms with Gasteiger partial charge in [0.15, 0.2) is 11.5 Å². The van der Waals surface area contributed by atoms with Gasteiger partial charge in [0.1, 0.15) is 6.33 Å². The fraction of sp³-hybridized carbons (Fsp3) is 0.179. The van der Waals surface area contributed by atoms with Crippen molar-refractivity contribution >= 4 is 16.7 Å². The van der Waals surface area contributed by atoms with Gasteiger partial charge in [0.25, 0.3) is 0 Å². The van der Waals surface area contributed by atoms with Crippen LogP contribution in [-0.2, 0) is 5.54 Å². The Morgan fingerprint density at radius 1 is 0.919 bits per heavy atom. The molecule has 0 unspecified atom stereocenters. The molecule has 1 aliphatic carbocycles. The number of benzene rings is 2. The van der Waals surface area contributed by atoms with E-state index in [0.717, 1.165) is 39.0 Å². The number of H-pyrrole nitrogens is 1. The summed E-state index contributed by atoms with van der Waals surface area (Å²) in [5.74, 6) is 1.10. The molecule has 2 aromatic carbocycles. The maximum atomic E-state index is 10.2. The molecule has 9 heteroatoms. The number of rotatable bonds is 4. The van der Waals surface area contributed by atoms with Crippen LogP contribution in [-0.4, -0.2) is 45.5 Å². The van der Waals surface area contributed by atoms with Crippen LogP contribution in [0.15, 0.2) is 79.1 Å². The van der Waals surface area contributed by atoms with Gasteiger partial charge in [-0.15, -0.1) is 20.4 Å². The van der Waals surface area contributed by atoms with Crippen LogP contribution in [0.5, 0.6) is 0 Å². The minimum atomic E-state index is -0.703. The third kappa shape index (κ3) is 3.51. The van der Waals surface area contributed by atoms with Gasteiger partial charge in [-0.2, -0.15) is 0 Å². The zero-order valence-electron chi connectivity index (χ0n) is 20.1. The number of hydrogen-bond donors (Lipinski definition) is 3. The van der Waals surface area contributed by atoms with Crippen molar-refractivity contribution in [2.24, 2.45) is 5.73 Å². The Labute approximate surface area is 212 Å². The van der Waals surface area contributed by atoms with Crippen LogP contribution >= 0.6 is 0 Å². The summed E-state index contributed by atoms with van der Waals surface area (Å²) >= 11 is 0. The van der Waals surface area contributed by atoms with Crippen molar-refractivity contribution in [2.45, 2.75) is 30.9 Å². The largest absolute Gasteiger partial charge is 0.390 e. The summed E-state index contributed by atoms with van der Waals surface area (Å²) in [6.07, 6.45) is 2.61. The normalized spacial score (nSPS) is 21.4. The Hall–Kier alpha value is -4.47. The van der Waals surface area contributed by atoms with Crippen LogP contribution < -0.4 is 5.73 Å². The smallest absolute Gasteiger partial charge is 0.206 e. The average Bonchev–Trinajstić information content (AvgIpc) is 3.57. The first kappa shape index (κ1) is 21.8. The molecule has 4 N–H and O–H groups in total. The van der Waals surface area contributed by atoms with E-state index in [1.54, 1.807) is 0 Å². The van der Waals surface area contributed by atoms with Gasteiger partial charge in [0, 0.05) is 16.7 Å². The fourth-order valence-corrected chi connectivity index (χ4v) is 5.61. The van der Waals surface area contributed by atoms with Crippen LogP contribution in [0.4, 0.5) is 0 Å². The van der Waals surface area contributed by atoms with E-state index in [9.17, 15) is 5.11 Å². The maximum absolute atomic E-state index is 10.2. The standard InChI is InChI=1S/C28H24N8O/c1-27(37)14-28(29,15-27)19-9-7-18(8-10-19)24-20(17-5-3-2-4-6-17)13-22-21(32-24)11-12-23-33-35-26(36(22)23)25-30-16-31-34-25/h2-13,16,37H,14-15,29H2,1H3,(H,30,31,34)/t27-,28+. The van der Waals surface area contributed by atoms with Gasteiger partial charge in [0.05, 0.1) is 22.3 Å². The number of nitrogens with zero attached hydrogens (tertiary/aromatic N) is 6. The van der Waals surface area contributed by atoms with E-state index < -0.39 is 11.1 Å². The summed E-state index contributed by atoms with van der Waals surface area (Å²) in [5.41, 5.74) is 12.6. The topological polar surface area (TPSA) is 131 Å². The lowest BCUT2D eigenvalue weighted by Crippen LogP contribution is -2.58. The van der Waals surface area contributed by atoms with Gasteiger partial charge in [-0.3, -0.25) is 4.40 Å². The zero-order chi connectivity index (χ0) is 25.2. The molecule has 6 aromatic rings. The van der Waals surface area contributed by atoms with Crippen LogP contribution in [0.2, 0.25) is 0 Å². The molecule has 1 saturated carbocycles. The molecule has 0 aliphatic heterocycles. The molecule has 0 atom stereocenters. The Bertz CT molecular complexity index is 1750. The van der Waals surface area contributed by atoms with E-state index in [-0.39, 0.29) is 0 Å². The van der Waals surface area contributed by atoms with E-state index in [4.69, 9.17) is 10.7 Å². The number of nitrogens with one attached hydrogen (secondary N) is 1. The van der Waals surface area contributed by atoms with E-state index in [1.807, 2.05) is 41.7 Å². The first-order chi connectivity index (χ1) is 17.9. The third-order valence-electron chi connectivity index (χ3n) is 7.19. The molecule has 0 bridgehead atoms. The quantitative estimate of drug-likeness (QED) is 0.340. The fourth-order valence-electron chi connectivity index (χ4n) is 5.61. The molecule has 0 saturated heterocycles. The molecule has 7 rings (SSSR count). The molecule has 0 radical (unpaired) electrons. The molecule has 4 aromatic heterocycles. The summed E-state index contributed by atoms with van der Waals surface area (Å²) in [5, 5.41) is 27.0. The van der Waals surface area contributed by atoms with Gasteiger partial charge in [-0.25, -0.2) is 4.98 Å². The number of nitrogens with two attached hydrogens (primary N) is 1. The van der Waals surface area contributed by atoms with Crippen LogP contribution in [0.3, 0.4) is 0 Å². The van der Waals surface area contributed by atoms with Gasteiger partial charge < -0.3 is 15.8 Å². The lowest BCUT2D eigenvalue weighted by molar-refractivity contribution is -0.0738. The monoisotopic (exact) mass is 488 g/mol. The maximum Gasteiger partial charge on any atom is 0.206 e. The van der Waals surface area contributed by atoms with Crippen molar-refractivity contribution in [1.82, 2.24) is 34.8 Å². The number of pyridine rings is 2. The molecule has 1 fully saturated rings. The Morgan fingerprint density at radius 3 is 2.41 bits per heavy atom. The van der Waals surface area contributed by atoms with Crippen molar-refractivity contribution in [2.75, 3.05) is 0 Å². The highest BCUT2D eigenvalue weighted by atomic mass is 16.3. The number of aromatic amines is 1. The molecule has 4 heterocycles. The van der Waals surface area contributed by atoms with E-state index >= 15 is 0 Å². The van der Waals surface area contributed by atoms with Gasteiger partial charge in [-0.05, 0) is 49.1 Å². The molecular weight excluding hydrogens is 464 g/mol. The average molecular weight is 489 g/mol. The highest BCUT2D eigenvalue weighted by Crippen LogP contribution is 2.46. The summed E-state index contributed by atoms with van der Waals surface area (Å²) in [7, 11) is 0. The van der Waals surface area contributed by atoms with Gasteiger partial charge in [0.2, 0.25) is 5.82 Å². The molecule has 9 nitrogen and oxygen atoms in total. The predicted molar refractivity (Wildman–Crippen MR) is 140 cm³/mol. The van der Waals surface area contributed by atoms with Crippen molar-refractivity contribution in [3.8, 4) is 34.0 Å². The summed E-state index contributed by atoms with van der Waals surface area (Å²) < 4.78 is 1.95.